The quantitative estimate of drug-likeness (QED) is 0.655. The summed E-state index contributed by atoms with van der Waals surface area (Å²) in [4.78, 5) is 5.07. The maximum absolute atomic E-state index is 9.00. The number of aliphatic hydroxyl groups excluding tert-OH is 1. The molecule has 1 aromatic rings. The number of methoxy groups -OCH3 is 1. The standard InChI is InChI=1S/C10H19N3O2S/c1-10(3-4-14,7-15-2)13-6-8-5-12-9(11)16-8/h5,13-14H,3-4,6-7H2,1-2H3,(H2,11,12). The van der Waals surface area contributed by atoms with Gasteiger partial charge in [-0.05, 0) is 13.3 Å². The molecule has 5 nitrogen and oxygen atoms in total. The number of hydrogen-bond donors (Lipinski definition) is 3. The van der Waals surface area contributed by atoms with Crippen molar-refractivity contribution in [3.8, 4) is 0 Å². The maximum atomic E-state index is 9.00. The second-order valence-corrected chi connectivity index (χ2v) is 5.13. The molecule has 1 aromatic heterocycles. The molecule has 0 saturated carbocycles. The number of ether oxygens (including phenoxy) is 1. The number of nitrogen functional groups attached to an aromatic ring is 1. The van der Waals surface area contributed by atoms with Crippen LogP contribution in [0.4, 0.5) is 5.13 Å². The zero-order chi connectivity index (χ0) is 12.0. The van der Waals surface area contributed by atoms with Gasteiger partial charge in [-0.15, -0.1) is 11.3 Å². The van der Waals surface area contributed by atoms with Crippen LogP contribution in [0.1, 0.15) is 18.2 Å². The number of nitrogens with one attached hydrogen (secondary N) is 1. The Morgan fingerprint density at radius 2 is 2.44 bits per heavy atom. The minimum atomic E-state index is -0.220. The van der Waals surface area contributed by atoms with E-state index < -0.39 is 0 Å². The Labute approximate surface area is 99.6 Å². The molecule has 0 aliphatic carbocycles. The van der Waals surface area contributed by atoms with Gasteiger partial charge in [0.15, 0.2) is 5.13 Å². The lowest BCUT2D eigenvalue weighted by Gasteiger charge is -2.29. The summed E-state index contributed by atoms with van der Waals surface area (Å²) >= 11 is 1.47. The van der Waals surface area contributed by atoms with E-state index in [2.05, 4.69) is 10.3 Å². The molecule has 1 unspecified atom stereocenters. The number of aliphatic hydroxyl groups is 1. The van der Waals surface area contributed by atoms with Crippen molar-refractivity contribution in [3.05, 3.63) is 11.1 Å². The highest BCUT2D eigenvalue weighted by Gasteiger charge is 2.23. The fourth-order valence-electron chi connectivity index (χ4n) is 1.48. The van der Waals surface area contributed by atoms with Crippen molar-refractivity contribution in [2.75, 3.05) is 26.1 Å². The van der Waals surface area contributed by atoms with Gasteiger partial charge in [0.05, 0.1) is 6.61 Å². The first kappa shape index (κ1) is 13.4. The van der Waals surface area contributed by atoms with E-state index in [1.54, 1.807) is 13.3 Å². The number of thiazole rings is 1. The van der Waals surface area contributed by atoms with Crippen LogP contribution in [-0.4, -0.2) is 36.0 Å². The Kier molecular flexibility index (Phi) is 5.14. The van der Waals surface area contributed by atoms with Crippen molar-refractivity contribution in [1.29, 1.82) is 0 Å². The van der Waals surface area contributed by atoms with E-state index in [9.17, 15) is 0 Å². The highest BCUT2D eigenvalue weighted by Crippen LogP contribution is 2.16. The van der Waals surface area contributed by atoms with Crippen molar-refractivity contribution in [1.82, 2.24) is 10.3 Å². The summed E-state index contributed by atoms with van der Waals surface area (Å²) in [6, 6.07) is 0. The van der Waals surface area contributed by atoms with Crippen molar-refractivity contribution in [2.45, 2.75) is 25.4 Å². The number of nitrogens with zero attached hydrogens (tertiary/aromatic N) is 1. The second-order valence-electron chi connectivity index (χ2n) is 3.99. The average Bonchev–Trinajstić information content (AvgIpc) is 2.62. The molecule has 1 rings (SSSR count). The molecule has 0 aliphatic heterocycles. The smallest absolute Gasteiger partial charge is 0.180 e. The van der Waals surface area contributed by atoms with Gasteiger partial charge in [0, 0.05) is 36.9 Å². The van der Waals surface area contributed by atoms with Crippen LogP contribution in [0, 0.1) is 0 Å². The van der Waals surface area contributed by atoms with Gasteiger partial charge in [-0.1, -0.05) is 0 Å². The van der Waals surface area contributed by atoms with Gasteiger partial charge in [-0.2, -0.15) is 0 Å². The van der Waals surface area contributed by atoms with E-state index >= 15 is 0 Å². The molecule has 0 spiro atoms. The Bertz CT molecular complexity index is 311. The van der Waals surface area contributed by atoms with Crippen LogP contribution in [0.2, 0.25) is 0 Å². The molecular weight excluding hydrogens is 226 g/mol. The van der Waals surface area contributed by atoms with Crippen LogP contribution in [-0.2, 0) is 11.3 Å². The van der Waals surface area contributed by atoms with E-state index in [-0.39, 0.29) is 12.1 Å². The van der Waals surface area contributed by atoms with Crippen molar-refractivity contribution < 1.29 is 9.84 Å². The summed E-state index contributed by atoms with van der Waals surface area (Å²) < 4.78 is 5.14. The molecule has 0 fully saturated rings. The molecule has 0 amide bonds. The number of nitrogens with two attached hydrogens (primary N) is 1. The van der Waals surface area contributed by atoms with E-state index in [1.165, 1.54) is 11.3 Å². The third-order valence-corrected chi connectivity index (χ3v) is 3.21. The first-order chi connectivity index (χ1) is 7.59. The molecular formula is C10H19N3O2S. The summed E-state index contributed by atoms with van der Waals surface area (Å²) in [6.07, 6.45) is 2.41. The molecule has 1 heterocycles. The fraction of sp³-hybridized carbons (Fsp3) is 0.700. The molecule has 0 radical (unpaired) electrons. The maximum Gasteiger partial charge on any atom is 0.180 e. The third kappa shape index (κ3) is 4.05. The molecule has 16 heavy (non-hydrogen) atoms. The van der Waals surface area contributed by atoms with Crippen LogP contribution in [0.5, 0.6) is 0 Å². The summed E-state index contributed by atoms with van der Waals surface area (Å²) in [5.41, 5.74) is 5.33. The summed E-state index contributed by atoms with van der Waals surface area (Å²) in [5.74, 6) is 0. The lowest BCUT2D eigenvalue weighted by Crippen LogP contribution is -2.46. The zero-order valence-electron chi connectivity index (χ0n) is 9.69. The summed E-state index contributed by atoms with van der Waals surface area (Å²) in [7, 11) is 1.65. The van der Waals surface area contributed by atoms with Gasteiger partial charge in [0.2, 0.25) is 0 Å². The zero-order valence-corrected chi connectivity index (χ0v) is 10.5. The average molecular weight is 245 g/mol. The molecule has 6 heteroatoms. The lowest BCUT2D eigenvalue weighted by molar-refractivity contribution is 0.0971. The number of rotatable bonds is 7. The molecule has 1 atom stereocenters. The first-order valence-corrected chi connectivity index (χ1v) is 5.96. The Hall–Kier alpha value is -0.690. The lowest BCUT2D eigenvalue weighted by atomic mass is 9.99. The number of anilines is 1. The molecule has 4 N–H and O–H groups in total. The molecule has 0 bridgehead atoms. The van der Waals surface area contributed by atoms with Crippen LogP contribution < -0.4 is 11.1 Å². The van der Waals surface area contributed by atoms with Gasteiger partial charge in [0.25, 0.3) is 0 Å². The van der Waals surface area contributed by atoms with Gasteiger partial charge >= 0.3 is 0 Å². The predicted octanol–water partition coefficient (Wildman–Crippen LogP) is 0.602. The number of hydrogen-bond acceptors (Lipinski definition) is 6. The largest absolute Gasteiger partial charge is 0.396 e. The number of aromatic nitrogens is 1. The topological polar surface area (TPSA) is 80.4 Å². The minimum Gasteiger partial charge on any atom is -0.396 e. The van der Waals surface area contributed by atoms with Crippen molar-refractivity contribution in [2.24, 2.45) is 0 Å². The third-order valence-electron chi connectivity index (χ3n) is 2.39. The highest BCUT2D eigenvalue weighted by atomic mass is 32.1. The second kappa shape index (κ2) is 6.15. The Morgan fingerprint density at radius 3 is 2.94 bits per heavy atom. The van der Waals surface area contributed by atoms with Crippen LogP contribution in [0.3, 0.4) is 0 Å². The molecule has 0 aliphatic rings. The highest BCUT2D eigenvalue weighted by molar-refractivity contribution is 7.15. The van der Waals surface area contributed by atoms with Crippen LogP contribution >= 0.6 is 11.3 Å². The first-order valence-electron chi connectivity index (χ1n) is 5.14. The van der Waals surface area contributed by atoms with E-state index in [0.29, 0.717) is 24.7 Å². The molecule has 0 saturated heterocycles. The van der Waals surface area contributed by atoms with Gasteiger partial charge in [0.1, 0.15) is 0 Å². The van der Waals surface area contributed by atoms with Crippen LogP contribution in [0.15, 0.2) is 6.20 Å². The van der Waals surface area contributed by atoms with E-state index in [0.717, 1.165) is 4.88 Å². The van der Waals surface area contributed by atoms with Crippen molar-refractivity contribution in [3.63, 3.8) is 0 Å². The van der Waals surface area contributed by atoms with Gasteiger partial charge < -0.3 is 20.9 Å². The van der Waals surface area contributed by atoms with Gasteiger partial charge in [-0.3, -0.25) is 0 Å². The predicted molar refractivity (Wildman–Crippen MR) is 65.3 cm³/mol. The van der Waals surface area contributed by atoms with Crippen LogP contribution in [0.25, 0.3) is 0 Å². The molecule has 92 valence electrons. The summed E-state index contributed by atoms with van der Waals surface area (Å²) in [5, 5.41) is 12.9. The van der Waals surface area contributed by atoms with E-state index in [1.807, 2.05) is 6.92 Å². The fourth-order valence-corrected chi connectivity index (χ4v) is 2.11. The monoisotopic (exact) mass is 245 g/mol. The Balaban J connectivity index is 2.49. The Morgan fingerprint density at radius 1 is 1.69 bits per heavy atom. The summed E-state index contributed by atoms with van der Waals surface area (Å²) in [6.45, 7) is 3.41. The molecule has 0 aromatic carbocycles. The van der Waals surface area contributed by atoms with E-state index in [4.69, 9.17) is 15.6 Å². The SMILES string of the molecule is COCC(C)(CCO)NCc1cnc(N)s1. The van der Waals surface area contributed by atoms with Gasteiger partial charge in [-0.25, -0.2) is 4.98 Å². The normalized spacial score (nSPS) is 14.9. The minimum absolute atomic E-state index is 0.137. The van der Waals surface area contributed by atoms with Crippen molar-refractivity contribution >= 4 is 16.5 Å².